The Hall–Kier alpha value is -2.37. The van der Waals surface area contributed by atoms with Crippen LogP contribution in [0.5, 0.6) is 0 Å². The van der Waals surface area contributed by atoms with Crippen LogP contribution in [0, 0.1) is 0 Å². The molecule has 0 aliphatic rings. The Balaban J connectivity index is 2.06. The average molecular weight is 289 g/mol. The summed E-state index contributed by atoms with van der Waals surface area (Å²) >= 11 is 0. The van der Waals surface area contributed by atoms with Gasteiger partial charge < -0.3 is 9.73 Å². The van der Waals surface area contributed by atoms with Gasteiger partial charge in [0, 0.05) is 12.1 Å². The Labute approximate surface area is 122 Å². The summed E-state index contributed by atoms with van der Waals surface area (Å²) in [6, 6.07) is 7.58. The lowest BCUT2D eigenvalue weighted by molar-refractivity contribution is -0.117. The molecule has 2 rings (SSSR count). The van der Waals surface area contributed by atoms with Crippen LogP contribution >= 0.6 is 0 Å². The molecule has 112 valence electrons. The van der Waals surface area contributed by atoms with Crippen molar-refractivity contribution in [2.75, 3.05) is 5.32 Å². The first-order valence-corrected chi connectivity index (χ1v) is 7.08. The molecule has 0 atom stereocenters. The zero-order valence-corrected chi connectivity index (χ0v) is 12.3. The van der Waals surface area contributed by atoms with Crippen molar-refractivity contribution in [3.05, 3.63) is 46.3 Å². The number of carbonyl (C=O) groups excluding carboxylic acids is 1. The summed E-state index contributed by atoms with van der Waals surface area (Å²) in [5.74, 6) is -0.531. The van der Waals surface area contributed by atoms with E-state index in [-0.39, 0.29) is 12.5 Å². The minimum atomic E-state index is -0.600. The topological polar surface area (TPSA) is 77.1 Å². The summed E-state index contributed by atoms with van der Waals surface area (Å²) in [4.78, 5) is 23.6. The number of carbonyl (C=O) groups is 1. The molecule has 0 radical (unpaired) electrons. The molecule has 1 heterocycles. The largest absolute Gasteiger partial charge is 0.437 e. The van der Waals surface area contributed by atoms with Crippen LogP contribution in [0.3, 0.4) is 0 Å². The Kier molecular flexibility index (Phi) is 4.92. The van der Waals surface area contributed by atoms with Crippen molar-refractivity contribution in [2.24, 2.45) is 0 Å². The van der Waals surface area contributed by atoms with Gasteiger partial charge in [0.25, 0.3) is 0 Å². The molecule has 0 unspecified atom stereocenters. The fraction of sp³-hybridized carbons (Fsp3) is 0.400. The highest BCUT2D eigenvalue weighted by Gasteiger charge is 2.12. The molecule has 0 aliphatic heterocycles. The normalized spacial score (nSPS) is 10.6. The van der Waals surface area contributed by atoms with Gasteiger partial charge in [-0.05, 0) is 24.5 Å². The lowest BCUT2D eigenvalue weighted by Crippen LogP contribution is -2.26. The molecule has 1 aromatic carbocycles. The summed E-state index contributed by atoms with van der Waals surface area (Å²) in [5.41, 5.74) is 1.81. The van der Waals surface area contributed by atoms with Crippen LogP contribution in [-0.2, 0) is 24.2 Å². The predicted molar refractivity (Wildman–Crippen MR) is 79.2 cm³/mol. The van der Waals surface area contributed by atoms with Crippen molar-refractivity contribution >= 4 is 11.6 Å². The molecule has 6 heteroatoms. The fourth-order valence-electron chi connectivity index (χ4n) is 2.04. The summed E-state index contributed by atoms with van der Waals surface area (Å²) in [6.45, 7) is 3.83. The standard InChI is InChI=1S/C15H19N3O3/c1-3-7-14-17-18(15(20)21-14)10-13(19)16-12-9-6-5-8-11(12)4-2/h5-6,8-9H,3-4,7,10H2,1-2H3,(H,16,19). The molecule has 2 aromatic rings. The summed E-state index contributed by atoms with van der Waals surface area (Å²) in [6.07, 6.45) is 2.24. The Morgan fingerprint density at radius 2 is 2.10 bits per heavy atom. The number of hydrogen-bond acceptors (Lipinski definition) is 4. The van der Waals surface area contributed by atoms with Gasteiger partial charge in [-0.25, -0.2) is 4.79 Å². The Bertz CT molecular complexity index is 673. The van der Waals surface area contributed by atoms with E-state index in [9.17, 15) is 9.59 Å². The zero-order valence-electron chi connectivity index (χ0n) is 12.3. The summed E-state index contributed by atoms with van der Waals surface area (Å²) < 4.78 is 6.02. The van der Waals surface area contributed by atoms with Gasteiger partial charge in [-0.3, -0.25) is 4.79 Å². The van der Waals surface area contributed by atoms with E-state index in [2.05, 4.69) is 10.4 Å². The molecule has 0 saturated heterocycles. The molecule has 6 nitrogen and oxygen atoms in total. The first kappa shape index (κ1) is 15.0. The van der Waals surface area contributed by atoms with E-state index in [1.54, 1.807) is 0 Å². The highest BCUT2D eigenvalue weighted by atomic mass is 16.4. The number of rotatable bonds is 6. The van der Waals surface area contributed by atoms with Crippen LogP contribution in [-0.4, -0.2) is 15.7 Å². The number of amides is 1. The zero-order chi connectivity index (χ0) is 15.2. The molecule has 0 saturated carbocycles. The fourth-order valence-corrected chi connectivity index (χ4v) is 2.04. The van der Waals surface area contributed by atoms with Crippen LogP contribution in [0.1, 0.15) is 31.7 Å². The molecule has 1 aromatic heterocycles. The van der Waals surface area contributed by atoms with Crippen LogP contribution in [0.25, 0.3) is 0 Å². The first-order chi connectivity index (χ1) is 10.1. The van der Waals surface area contributed by atoms with Crippen molar-refractivity contribution in [3.8, 4) is 0 Å². The second-order valence-electron chi connectivity index (χ2n) is 4.73. The number of para-hydroxylation sites is 1. The summed E-state index contributed by atoms with van der Waals surface area (Å²) in [5, 5.41) is 6.80. The lowest BCUT2D eigenvalue weighted by Gasteiger charge is -2.08. The van der Waals surface area contributed by atoms with Crippen LogP contribution < -0.4 is 11.1 Å². The van der Waals surface area contributed by atoms with Gasteiger partial charge in [0.05, 0.1) is 0 Å². The van der Waals surface area contributed by atoms with Crippen LogP contribution in [0.15, 0.2) is 33.5 Å². The number of hydrogen-bond donors (Lipinski definition) is 1. The minimum absolute atomic E-state index is 0.149. The number of nitrogens with one attached hydrogen (secondary N) is 1. The number of nitrogens with zero attached hydrogens (tertiary/aromatic N) is 2. The van der Waals surface area contributed by atoms with E-state index in [4.69, 9.17) is 4.42 Å². The third kappa shape index (κ3) is 3.81. The molecular weight excluding hydrogens is 270 g/mol. The van der Waals surface area contributed by atoms with E-state index in [0.717, 1.165) is 28.8 Å². The molecule has 1 amide bonds. The number of aromatic nitrogens is 2. The van der Waals surface area contributed by atoms with Gasteiger partial charge in [-0.2, -0.15) is 4.68 Å². The minimum Gasteiger partial charge on any atom is -0.392 e. The Morgan fingerprint density at radius 3 is 2.81 bits per heavy atom. The second kappa shape index (κ2) is 6.88. The SMILES string of the molecule is CCCc1nn(CC(=O)Nc2ccccc2CC)c(=O)o1. The van der Waals surface area contributed by atoms with E-state index in [1.807, 2.05) is 38.1 Å². The van der Waals surface area contributed by atoms with Crippen molar-refractivity contribution < 1.29 is 9.21 Å². The number of anilines is 1. The molecule has 0 spiro atoms. The van der Waals surface area contributed by atoms with Crippen molar-refractivity contribution in [2.45, 2.75) is 39.7 Å². The third-order valence-corrected chi connectivity index (χ3v) is 3.08. The van der Waals surface area contributed by atoms with Gasteiger partial charge in [-0.15, -0.1) is 5.10 Å². The van der Waals surface area contributed by atoms with Gasteiger partial charge in [0.2, 0.25) is 11.8 Å². The average Bonchev–Trinajstić information content (AvgIpc) is 2.79. The van der Waals surface area contributed by atoms with Crippen molar-refractivity contribution in [3.63, 3.8) is 0 Å². The van der Waals surface area contributed by atoms with E-state index < -0.39 is 5.76 Å². The molecular formula is C15H19N3O3. The molecule has 21 heavy (non-hydrogen) atoms. The Morgan fingerprint density at radius 1 is 1.33 bits per heavy atom. The molecule has 0 bridgehead atoms. The highest BCUT2D eigenvalue weighted by molar-refractivity contribution is 5.91. The molecule has 0 fully saturated rings. The van der Waals surface area contributed by atoms with Crippen LogP contribution in [0.4, 0.5) is 5.69 Å². The maximum absolute atomic E-state index is 12.0. The van der Waals surface area contributed by atoms with Gasteiger partial charge in [0.15, 0.2) is 0 Å². The number of aryl methyl sites for hydroxylation is 2. The smallest absolute Gasteiger partial charge is 0.392 e. The second-order valence-corrected chi connectivity index (χ2v) is 4.73. The van der Waals surface area contributed by atoms with Gasteiger partial charge >= 0.3 is 5.76 Å². The quantitative estimate of drug-likeness (QED) is 0.882. The van der Waals surface area contributed by atoms with E-state index in [1.165, 1.54) is 0 Å². The third-order valence-electron chi connectivity index (χ3n) is 3.08. The monoisotopic (exact) mass is 289 g/mol. The van der Waals surface area contributed by atoms with Crippen molar-refractivity contribution in [1.82, 2.24) is 9.78 Å². The van der Waals surface area contributed by atoms with E-state index in [0.29, 0.717) is 12.3 Å². The maximum Gasteiger partial charge on any atom is 0.437 e. The highest BCUT2D eigenvalue weighted by Crippen LogP contribution is 2.15. The lowest BCUT2D eigenvalue weighted by atomic mass is 10.1. The first-order valence-electron chi connectivity index (χ1n) is 7.08. The van der Waals surface area contributed by atoms with E-state index >= 15 is 0 Å². The van der Waals surface area contributed by atoms with Crippen molar-refractivity contribution in [1.29, 1.82) is 0 Å². The van der Waals surface area contributed by atoms with Gasteiger partial charge in [-0.1, -0.05) is 32.0 Å². The summed E-state index contributed by atoms with van der Waals surface area (Å²) in [7, 11) is 0. The molecule has 1 N–H and O–H groups in total. The van der Waals surface area contributed by atoms with Gasteiger partial charge in [0.1, 0.15) is 6.54 Å². The predicted octanol–water partition coefficient (Wildman–Crippen LogP) is 1.99. The number of benzene rings is 1. The van der Waals surface area contributed by atoms with Crippen LogP contribution in [0.2, 0.25) is 0 Å². The maximum atomic E-state index is 12.0. The molecule has 0 aliphatic carbocycles.